The van der Waals surface area contributed by atoms with Gasteiger partial charge < -0.3 is 15.0 Å². The molecule has 14 heteroatoms. The first-order chi connectivity index (χ1) is 16.8. The molecule has 0 saturated carbocycles. The molecule has 184 valence electrons. The number of rotatable bonds is 7. The average Bonchev–Trinajstić information content (AvgIpc) is 3.43. The summed E-state index contributed by atoms with van der Waals surface area (Å²) in [5, 5.41) is 10.9. The van der Waals surface area contributed by atoms with Crippen molar-refractivity contribution in [2.75, 3.05) is 31.7 Å². The van der Waals surface area contributed by atoms with Crippen molar-refractivity contribution in [3.05, 3.63) is 34.6 Å². The van der Waals surface area contributed by atoms with Crippen LogP contribution in [0.1, 0.15) is 13.3 Å². The standard InChI is InChI=1S/C21H22Cl2N8O4/c1-12-24-8-18(25-12)26-21(34)15(5-6-35-2)29-10-20(33)30(11-19(29)32)16-7-13(22)3-4-14(16)31-9-17(23)27-28-31/h3-4,7-9,12,15H,5-6,10-11H2,1-2H3,(H,25,26,34)/t12?,15-/m1/s1. The number of carbonyl (C=O) groups excluding carboxylic acids is 3. The Hall–Kier alpha value is -3.35. The number of aromatic nitrogens is 3. The Morgan fingerprint density at radius 2 is 2.03 bits per heavy atom. The molecule has 2 aromatic rings. The predicted molar refractivity (Wildman–Crippen MR) is 129 cm³/mol. The molecule has 0 spiro atoms. The van der Waals surface area contributed by atoms with Crippen LogP contribution in [0.2, 0.25) is 10.2 Å². The van der Waals surface area contributed by atoms with Crippen molar-refractivity contribution in [2.45, 2.75) is 25.6 Å². The molecule has 0 aliphatic carbocycles. The normalized spacial score (nSPS) is 18.7. The number of anilines is 1. The van der Waals surface area contributed by atoms with E-state index in [1.54, 1.807) is 25.1 Å². The predicted octanol–water partition coefficient (Wildman–Crippen LogP) is 1.10. The third kappa shape index (κ3) is 5.50. The zero-order valence-electron chi connectivity index (χ0n) is 18.9. The van der Waals surface area contributed by atoms with Crippen molar-refractivity contribution < 1.29 is 19.1 Å². The van der Waals surface area contributed by atoms with Gasteiger partial charge in [-0.2, -0.15) is 0 Å². The maximum Gasteiger partial charge on any atom is 0.248 e. The summed E-state index contributed by atoms with van der Waals surface area (Å²) in [5.41, 5.74) is 0.824. The summed E-state index contributed by atoms with van der Waals surface area (Å²) in [6, 6.07) is 3.89. The van der Waals surface area contributed by atoms with E-state index < -0.39 is 23.8 Å². The Morgan fingerprint density at radius 3 is 2.69 bits per heavy atom. The molecule has 1 unspecified atom stereocenters. The lowest BCUT2D eigenvalue weighted by Gasteiger charge is -2.38. The second-order valence-electron chi connectivity index (χ2n) is 7.83. The number of aliphatic imine (C=N–C) groups is 2. The Kier molecular flexibility index (Phi) is 7.43. The third-order valence-electron chi connectivity index (χ3n) is 5.42. The van der Waals surface area contributed by atoms with Gasteiger partial charge in [-0.15, -0.1) is 5.10 Å². The van der Waals surface area contributed by atoms with E-state index in [-0.39, 0.29) is 37.4 Å². The van der Waals surface area contributed by atoms with Gasteiger partial charge in [-0.3, -0.25) is 24.3 Å². The van der Waals surface area contributed by atoms with Crippen molar-refractivity contribution in [2.24, 2.45) is 9.98 Å². The molecule has 2 atom stereocenters. The molecule has 2 aliphatic rings. The number of ether oxygens (including phenoxy) is 1. The van der Waals surface area contributed by atoms with E-state index in [4.69, 9.17) is 27.9 Å². The van der Waals surface area contributed by atoms with E-state index in [9.17, 15) is 14.4 Å². The highest BCUT2D eigenvalue weighted by atomic mass is 35.5. The second-order valence-corrected chi connectivity index (χ2v) is 8.65. The summed E-state index contributed by atoms with van der Waals surface area (Å²) < 4.78 is 6.51. The fourth-order valence-electron chi connectivity index (χ4n) is 3.78. The Bertz CT molecular complexity index is 1210. The summed E-state index contributed by atoms with van der Waals surface area (Å²) in [4.78, 5) is 50.3. The Morgan fingerprint density at radius 1 is 1.23 bits per heavy atom. The number of nitrogens with one attached hydrogen (secondary N) is 1. The molecule has 0 bridgehead atoms. The van der Waals surface area contributed by atoms with Crippen LogP contribution in [0.3, 0.4) is 0 Å². The lowest BCUT2D eigenvalue weighted by molar-refractivity contribution is -0.145. The number of hydrogen-bond acceptors (Lipinski definition) is 8. The van der Waals surface area contributed by atoms with Crippen molar-refractivity contribution in [1.82, 2.24) is 25.2 Å². The number of carbonyl (C=O) groups is 3. The van der Waals surface area contributed by atoms with Crippen LogP contribution in [0.4, 0.5) is 5.69 Å². The summed E-state index contributed by atoms with van der Waals surface area (Å²) in [5.74, 6) is -0.990. The molecule has 2 aliphatic heterocycles. The van der Waals surface area contributed by atoms with E-state index in [1.807, 2.05) is 0 Å². The van der Waals surface area contributed by atoms with E-state index >= 15 is 0 Å². The zero-order valence-corrected chi connectivity index (χ0v) is 20.4. The highest BCUT2D eigenvalue weighted by molar-refractivity contribution is 6.34. The lowest BCUT2D eigenvalue weighted by Crippen LogP contribution is -2.61. The quantitative estimate of drug-likeness (QED) is 0.580. The van der Waals surface area contributed by atoms with Crippen LogP contribution in [0.15, 0.2) is 34.4 Å². The number of amides is 3. The van der Waals surface area contributed by atoms with E-state index in [1.165, 1.54) is 34.0 Å². The molecular weight excluding hydrogens is 499 g/mol. The largest absolute Gasteiger partial charge is 0.385 e. The molecule has 3 heterocycles. The van der Waals surface area contributed by atoms with Crippen molar-refractivity contribution in [3.8, 4) is 5.69 Å². The van der Waals surface area contributed by atoms with Crippen molar-refractivity contribution in [3.63, 3.8) is 0 Å². The first-order valence-electron chi connectivity index (χ1n) is 10.6. The van der Waals surface area contributed by atoms with E-state index in [0.29, 0.717) is 22.2 Å². The topological polar surface area (TPSA) is 134 Å². The molecule has 35 heavy (non-hydrogen) atoms. The minimum absolute atomic E-state index is 0.163. The monoisotopic (exact) mass is 520 g/mol. The molecule has 1 saturated heterocycles. The summed E-state index contributed by atoms with van der Waals surface area (Å²) >= 11 is 12.1. The van der Waals surface area contributed by atoms with Crippen LogP contribution >= 0.6 is 23.2 Å². The molecule has 1 aromatic heterocycles. The van der Waals surface area contributed by atoms with Gasteiger partial charge in [0.2, 0.25) is 17.7 Å². The fourth-order valence-corrected chi connectivity index (χ4v) is 4.08. The lowest BCUT2D eigenvalue weighted by atomic mass is 10.1. The van der Waals surface area contributed by atoms with Gasteiger partial charge in [-0.05, 0) is 25.1 Å². The number of amidine groups is 1. The van der Waals surface area contributed by atoms with Gasteiger partial charge in [0.1, 0.15) is 31.1 Å². The minimum atomic E-state index is -0.937. The number of nitrogens with zero attached hydrogens (tertiary/aromatic N) is 7. The molecule has 4 rings (SSSR count). The summed E-state index contributed by atoms with van der Waals surface area (Å²) in [7, 11) is 1.49. The van der Waals surface area contributed by atoms with Gasteiger partial charge in [-0.25, -0.2) is 9.67 Å². The van der Waals surface area contributed by atoms with Crippen molar-refractivity contribution >= 4 is 58.7 Å². The van der Waals surface area contributed by atoms with Crippen LogP contribution in [0.25, 0.3) is 5.69 Å². The minimum Gasteiger partial charge on any atom is -0.385 e. The number of methoxy groups -OCH3 is 1. The smallest absolute Gasteiger partial charge is 0.248 e. The highest BCUT2D eigenvalue weighted by Crippen LogP contribution is 2.30. The highest BCUT2D eigenvalue weighted by Gasteiger charge is 2.39. The van der Waals surface area contributed by atoms with Crippen LogP contribution in [0.5, 0.6) is 0 Å². The van der Waals surface area contributed by atoms with Crippen LogP contribution < -0.4 is 10.2 Å². The first kappa shape index (κ1) is 24.8. The van der Waals surface area contributed by atoms with Gasteiger partial charge in [-0.1, -0.05) is 28.4 Å². The zero-order chi connectivity index (χ0) is 25.1. The van der Waals surface area contributed by atoms with Gasteiger partial charge in [0.05, 0.1) is 23.8 Å². The van der Waals surface area contributed by atoms with Gasteiger partial charge >= 0.3 is 0 Å². The van der Waals surface area contributed by atoms with Crippen LogP contribution in [0, 0.1) is 0 Å². The second kappa shape index (κ2) is 10.5. The van der Waals surface area contributed by atoms with Gasteiger partial charge in [0.25, 0.3) is 0 Å². The first-order valence-corrected chi connectivity index (χ1v) is 11.4. The maximum atomic E-state index is 13.2. The molecular formula is C21H22Cl2N8O4. The van der Waals surface area contributed by atoms with E-state index in [2.05, 4.69) is 25.6 Å². The molecule has 3 amide bonds. The summed E-state index contributed by atoms with van der Waals surface area (Å²) in [6.45, 7) is 1.37. The number of halogens is 2. The van der Waals surface area contributed by atoms with E-state index in [0.717, 1.165) is 0 Å². The summed E-state index contributed by atoms with van der Waals surface area (Å²) in [6.07, 6.45) is 2.83. The molecule has 1 aromatic carbocycles. The SMILES string of the molecule is COCC[C@H](C(=O)NC1=NC(C)N=C1)N1CC(=O)N(c2cc(Cl)ccc2-n2cc(Cl)nn2)CC1=O. The number of hydrogen-bond donors (Lipinski definition) is 1. The van der Waals surface area contributed by atoms with Gasteiger partial charge in [0.15, 0.2) is 5.15 Å². The molecule has 1 fully saturated rings. The molecule has 12 nitrogen and oxygen atoms in total. The third-order valence-corrected chi connectivity index (χ3v) is 5.83. The Balaban J connectivity index is 1.58. The fraction of sp³-hybridized carbons (Fsp3) is 0.381. The van der Waals surface area contributed by atoms with Crippen LogP contribution in [-0.4, -0.2) is 88.7 Å². The maximum absolute atomic E-state index is 13.2. The molecule has 1 N–H and O–H groups in total. The average molecular weight is 521 g/mol. The van der Waals surface area contributed by atoms with Crippen molar-refractivity contribution in [1.29, 1.82) is 0 Å². The van der Waals surface area contributed by atoms with Gasteiger partial charge in [0, 0.05) is 25.2 Å². The van der Waals surface area contributed by atoms with Crippen LogP contribution in [-0.2, 0) is 19.1 Å². The number of piperazine rings is 1. The molecule has 0 radical (unpaired) electrons. The Labute approximate surface area is 210 Å². The number of benzene rings is 1.